The molecule has 1 aliphatic rings. The molecule has 0 radical (unpaired) electrons. The predicted octanol–water partition coefficient (Wildman–Crippen LogP) is 2.73. The summed E-state index contributed by atoms with van der Waals surface area (Å²) < 4.78 is 10.7. The van der Waals surface area contributed by atoms with E-state index in [9.17, 15) is 14.4 Å². The lowest BCUT2D eigenvalue weighted by Gasteiger charge is -2.33. The normalized spacial score (nSPS) is 16.0. The number of rotatable bonds is 6. The number of nitrogens with zero attached hydrogens (tertiary/aromatic N) is 1. The molecular weight excluding hydrogens is 310 g/mol. The molecule has 1 amide bonds. The van der Waals surface area contributed by atoms with Gasteiger partial charge in [-0.1, -0.05) is 13.8 Å². The summed E-state index contributed by atoms with van der Waals surface area (Å²) in [6, 6.07) is 4.14. The van der Waals surface area contributed by atoms with Crippen LogP contribution in [-0.4, -0.2) is 36.4 Å². The second-order valence-corrected chi connectivity index (χ2v) is 5.84. The summed E-state index contributed by atoms with van der Waals surface area (Å²) in [7, 11) is 0. The first-order valence-electron chi connectivity index (χ1n) is 8.21. The Morgan fingerprint density at radius 3 is 2.62 bits per heavy atom. The third-order valence-corrected chi connectivity index (χ3v) is 4.10. The van der Waals surface area contributed by atoms with Crippen LogP contribution >= 0.6 is 0 Å². The third-order valence-electron chi connectivity index (χ3n) is 4.10. The molecule has 6 heteroatoms. The maximum Gasteiger partial charge on any atom is 0.329 e. The van der Waals surface area contributed by atoms with Gasteiger partial charge in [-0.15, -0.1) is 0 Å². The number of hydrogen-bond donors (Lipinski definition) is 0. The summed E-state index contributed by atoms with van der Waals surface area (Å²) >= 11 is 0. The standard InChI is InChI=1S/C18H23NO5/c1-5-11(3)24-18(22)12(4)19-14-9-13(15(20)6-2)7-8-16(14)23-10-17(19)21/h7-9,11-12H,5-6,10H2,1-4H3. The minimum absolute atomic E-state index is 0.0365. The monoisotopic (exact) mass is 333 g/mol. The average Bonchev–Trinajstić information content (AvgIpc) is 2.59. The highest BCUT2D eigenvalue weighted by Gasteiger charge is 2.34. The van der Waals surface area contributed by atoms with E-state index in [4.69, 9.17) is 9.47 Å². The van der Waals surface area contributed by atoms with Gasteiger partial charge in [-0.05, 0) is 38.5 Å². The highest BCUT2D eigenvalue weighted by molar-refractivity contribution is 6.05. The van der Waals surface area contributed by atoms with Crippen molar-refractivity contribution >= 4 is 23.3 Å². The van der Waals surface area contributed by atoms with Crippen LogP contribution in [0.4, 0.5) is 5.69 Å². The molecule has 1 aliphatic heterocycles. The number of benzene rings is 1. The van der Waals surface area contributed by atoms with Gasteiger partial charge in [0.1, 0.15) is 11.8 Å². The Labute approximate surface area is 141 Å². The lowest BCUT2D eigenvalue weighted by atomic mass is 10.1. The van der Waals surface area contributed by atoms with Crippen LogP contribution in [0.5, 0.6) is 5.75 Å². The molecule has 0 aromatic heterocycles. The van der Waals surface area contributed by atoms with Crippen LogP contribution in [0.2, 0.25) is 0 Å². The first kappa shape index (κ1) is 18.0. The Morgan fingerprint density at radius 2 is 2.00 bits per heavy atom. The second kappa shape index (κ2) is 7.47. The summed E-state index contributed by atoms with van der Waals surface area (Å²) in [5.41, 5.74) is 0.918. The summed E-state index contributed by atoms with van der Waals surface area (Å²) in [5.74, 6) is -0.369. The fourth-order valence-electron chi connectivity index (χ4n) is 2.46. The Balaban J connectivity index is 2.35. The van der Waals surface area contributed by atoms with Crippen molar-refractivity contribution in [3.63, 3.8) is 0 Å². The van der Waals surface area contributed by atoms with Gasteiger partial charge in [-0.25, -0.2) is 4.79 Å². The topological polar surface area (TPSA) is 72.9 Å². The van der Waals surface area contributed by atoms with E-state index in [-0.39, 0.29) is 24.4 Å². The zero-order valence-corrected chi connectivity index (χ0v) is 14.5. The average molecular weight is 333 g/mol. The Hall–Kier alpha value is -2.37. The van der Waals surface area contributed by atoms with E-state index >= 15 is 0 Å². The van der Waals surface area contributed by atoms with Crippen molar-refractivity contribution in [2.24, 2.45) is 0 Å². The largest absolute Gasteiger partial charge is 0.482 e. The van der Waals surface area contributed by atoms with Crippen LogP contribution in [0.15, 0.2) is 18.2 Å². The molecule has 0 spiro atoms. The van der Waals surface area contributed by atoms with Crippen LogP contribution in [0.3, 0.4) is 0 Å². The van der Waals surface area contributed by atoms with Crippen LogP contribution in [0.1, 0.15) is 50.9 Å². The molecular formula is C18H23NO5. The number of fused-ring (bicyclic) bond motifs is 1. The molecule has 130 valence electrons. The lowest BCUT2D eigenvalue weighted by molar-refractivity contribution is -0.150. The zero-order valence-electron chi connectivity index (χ0n) is 14.5. The third kappa shape index (κ3) is 3.58. The van der Waals surface area contributed by atoms with Gasteiger partial charge in [0, 0.05) is 12.0 Å². The van der Waals surface area contributed by atoms with E-state index in [1.165, 1.54) is 4.90 Å². The zero-order chi connectivity index (χ0) is 17.9. The fraction of sp³-hybridized carbons (Fsp3) is 0.500. The van der Waals surface area contributed by atoms with Crippen molar-refractivity contribution < 1.29 is 23.9 Å². The number of amides is 1. The van der Waals surface area contributed by atoms with Crippen molar-refractivity contribution in [2.75, 3.05) is 11.5 Å². The van der Waals surface area contributed by atoms with E-state index < -0.39 is 12.0 Å². The molecule has 0 saturated heterocycles. The fourth-order valence-corrected chi connectivity index (χ4v) is 2.46. The number of ketones is 1. The van der Waals surface area contributed by atoms with Crippen LogP contribution in [-0.2, 0) is 14.3 Å². The number of esters is 1. The minimum Gasteiger partial charge on any atom is -0.482 e. The van der Waals surface area contributed by atoms with Crippen LogP contribution in [0, 0.1) is 0 Å². The first-order chi connectivity index (χ1) is 11.4. The van der Waals surface area contributed by atoms with E-state index in [0.717, 1.165) is 0 Å². The molecule has 0 saturated carbocycles. The molecule has 0 fully saturated rings. The van der Waals surface area contributed by atoms with Gasteiger partial charge in [0.25, 0.3) is 5.91 Å². The molecule has 0 bridgehead atoms. The van der Waals surface area contributed by atoms with E-state index in [1.54, 1.807) is 39.0 Å². The van der Waals surface area contributed by atoms with Crippen LogP contribution in [0.25, 0.3) is 0 Å². The minimum atomic E-state index is -0.791. The van der Waals surface area contributed by atoms with Crippen molar-refractivity contribution in [2.45, 2.75) is 52.7 Å². The molecule has 0 aliphatic carbocycles. The molecule has 24 heavy (non-hydrogen) atoms. The summed E-state index contributed by atoms with van der Waals surface area (Å²) in [4.78, 5) is 37.9. The molecule has 2 atom stereocenters. The predicted molar refractivity (Wildman–Crippen MR) is 89.4 cm³/mol. The van der Waals surface area contributed by atoms with Gasteiger partial charge in [-0.3, -0.25) is 14.5 Å². The first-order valence-corrected chi connectivity index (χ1v) is 8.21. The SMILES string of the molecule is CCC(=O)c1ccc2c(c1)N(C(C)C(=O)OC(C)CC)C(=O)CO2. The molecule has 2 rings (SSSR count). The number of anilines is 1. The van der Waals surface area contributed by atoms with Gasteiger partial charge >= 0.3 is 5.97 Å². The molecule has 2 unspecified atom stereocenters. The second-order valence-electron chi connectivity index (χ2n) is 5.84. The number of hydrogen-bond acceptors (Lipinski definition) is 5. The smallest absolute Gasteiger partial charge is 0.329 e. The van der Waals surface area contributed by atoms with Crippen molar-refractivity contribution in [3.8, 4) is 5.75 Å². The summed E-state index contributed by atoms with van der Waals surface area (Å²) in [6.45, 7) is 6.96. The highest BCUT2D eigenvalue weighted by atomic mass is 16.5. The summed E-state index contributed by atoms with van der Waals surface area (Å²) in [6.07, 6.45) is 0.837. The number of carbonyl (C=O) groups excluding carboxylic acids is 3. The van der Waals surface area contributed by atoms with Gasteiger partial charge in [-0.2, -0.15) is 0 Å². The molecule has 1 heterocycles. The van der Waals surface area contributed by atoms with E-state index in [0.29, 0.717) is 29.8 Å². The van der Waals surface area contributed by atoms with Crippen molar-refractivity contribution in [1.29, 1.82) is 0 Å². The van der Waals surface area contributed by atoms with Gasteiger partial charge in [0.2, 0.25) is 0 Å². The number of ether oxygens (including phenoxy) is 2. The number of Topliss-reactive ketones (excluding diaryl/α,β-unsaturated/α-hetero) is 1. The van der Waals surface area contributed by atoms with E-state index in [2.05, 4.69) is 0 Å². The Bertz CT molecular complexity index is 655. The maximum atomic E-state index is 12.3. The van der Waals surface area contributed by atoms with Crippen molar-refractivity contribution in [1.82, 2.24) is 0 Å². The Kier molecular flexibility index (Phi) is 5.59. The highest BCUT2D eigenvalue weighted by Crippen LogP contribution is 2.35. The van der Waals surface area contributed by atoms with Gasteiger partial charge < -0.3 is 9.47 Å². The van der Waals surface area contributed by atoms with Crippen molar-refractivity contribution in [3.05, 3.63) is 23.8 Å². The van der Waals surface area contributed by atoms with Crippen LogP contribution < -0.4 is 9.64 Å². The quantitative estimate of drug-likeness (QED) is 0.591. The van der Waals surface area contributed by atoms with Gasteiger partial charge in [0.05, 0.1) is 11.8 Å². The van der Waals surface area contributed by atoms with Gasteiger partial charge in [0.15, 0.2) is 12.4 Å². The maximum absolute atomic E-state index is 12.3. The molecule has 1 aromatic rings. The lowest BCUT2D eigenvalue weighted by Crippen LogP contribution is -2.49. The number of carbonyl (C=O) groups is 3. The Morgan fingerprint density at radius 1 is 1.29 bits per heavy atom. The molecule has 6 nitrogen and oxygen atoms in total. The molecule has 0 N–H and O–H groups in total. The molecule has 1 aromatic carbocycles. The van der Waals surface area contributed by atoms with E-state index in [1.807, 2.05) is 6.92 Å². The summed E-state index contributed by atoms with van der Waals surface area (Å²) in [5, 5.41) is 0.